The molecular weight excluding hydrogens is 373 g/mol. The van der Waals surface area contributed by atoms with Crippen LogP contribution in [0.5, 0.6) is 0 Å². The van der Waals surface area contributed by atoms with Crippen molar-refractivity contribution in [3.05, 3.63) is 77.2 Å². The van der Waals surface area contributed by atoms with E-state index >= 15 is 0 Å². The zero-order valence-corrected chi connectivity index (χ0v) is 15.9. The Labute approximate surface area is 166 Å². The molecule has 5 N–H and O–H groups in total. The Balaban J connectivity index is 2.27. The number of allylic oxidation sites excluding steroid dienone is 4. The van der Waals surface area contributed by atoms with Crippen LogP contribution in [0, 0.1) is 5.82 Å². The largest absolute Gasteiger partial charge is 0.508 e. The van der Waals surface area contributed by atoms with Gasteiger partial charge in [-0.05, 0) is 50.3 Å². The number of carbonyl (C=O) groups excluding carboxylic acids is 1. The molecular formula is C21H20FN5O2. The van der Waals surface area contributed by atoms with E-state index in [1.807, 2.05) is 0 Å². The van der Waals surface area contributed by atoms with Gasteiger partial charge in [-0.25, -0.2) is 14.4 Å². The fourth-order valence-electron chi connectivity index (χ4n) is 2.85. The monoisotopic (exact) mass is 393 g/mol. The maximum atomic E-state index is 14.3. The second-order valence-corrected chi connectivity index (χ2v) is 6.34. The summed E-state index contributed by atoms with van der Waals surface area (Å²) in [5.41, 5.74) is 14.0. The maximum Gasteiger partial charge on any atom is 0.250 e. The van der Waals surface area contributed by atoms with E-state index in [1.54, 1.807) is 32.1 Å². The predicted octanol–water partition coefficient (Wildman–Crippen LogP) is 3.66. The molecule has 1 aromatic carbocycles. The second kappa shape index (κ2) is 7.97. The number of hydrogen-bond donors (Lipinski definition) is 3. The van der Waals surface area contributed by atoms with Gasteiger partial charge in [-0.2, -0.15) is 0 Å². The van der Waals surface area contributed by atoms with Gasteiger partial charge in [0.05, 0.1) is 22.3 Å². The van der Waals surface area contributed by atoms with Crippen LogP contribution in [0.3, 0.4) is 0 Å². The van der Waals surface area contributed by atoms with E-state index in [1.165, 1.54) is 41.4 Å². The minimum absolute atomic E-state index is 0.0414. The van der Waals surface area contributed by atoms with Crippen LogP contribution >= 0.6 is 0 Å². The van der Waals surface area contributed by atoms with Gasteiger partial charge >= 0.3 is 0 Å². The van der Waals surface area contributed by atoms with Crippen LogP contribution < -0.4 is 11.5 Å². The Morgan fingerprint density at radius 2 is 2.07 bits per heavy atom. The number of halogens is 1. The van der Waals surface area contributed by atoms with E-state index in [4.69, 9.17) is 11.5 Å². The lowest BCUT2D eigenvalue weighted by atomic mass is 10.0. The Hall–Kier alpha value is -3.94. The smallest absolute Gasteiger partial charge is 0.250 e. The first kappa shape index (κ1) is 19.8. The first-order valence-corrected chi connectivity index (χ1v) is 8.75. The summed E-state index contributed by atoms with van der Waals surface area (Å²) in [7, 11) is 0. The van der Waals surface area contributed by atoms with Crippen molar-refractivity contribution in [2.24, 2.45) is 5.73 Å². The number of rotatable bonds is 5. The highest BCUT2D eigenvalue weighted by Crippen LogP contribution is 2.31. The van der Waals surface area contributed by atoms with Crippen molar-refractivity contribution in [1.29, 1.82) is 0 Å². The standard InChI is InChI=1S/C21H20FN5O2/c1-3-13(28)7-6-12(2)9-14-18(23)15(20(24)29)10-17-19(14)26-11-27(17)21-16(22)5-4-8-25-21/h3-11,28H,23H2,1-2H3,(H2,24,29)/b7-6-,12-9+,13-3-. The molecule has 0 fully saturated rings. The van der Waals surface area contributed by atoms with Crippen molar-refractivity contribution in [3.63, 3.8) is 0 Å². The van der Waals surface area contributed by atoms with Gasteiger partial charge in [-0.1, -0.05) is 11.6 Å². The van der Waals surface area contributed by atoms with Crippen LogP contribution in [-0.2, 0) is 0 Å². The molecule has 0 spiro atoms. The Morgan fingerprint density at radius 1 is 1.31 bits per heavy atom. The van der Waals surface area contributed by atoms with Gasteiger partial charge in [-0.3, -0.25) is 9.36 Å². The van der Waals surface area contributed by atoms with Crippen LogP contribution in [0.2, 0.25) is 0 Å². The zero-order chi connectivity index (χ0) is 21.1. The molecule has 7 nitrogen and oxygen atoms in total. The number of aromatic nitrogens is 3. The molecule has 1 amide bonds. The number of anilines is 1. The number of primary amides is 1. The zero-order valence-electron chi connectivity index (χ0n) is 15.9. The minimum atomic E-state index is -0.715. The topological polar surface area (TPSA) is 120 Å². The number of aliphatic hydroxyl groups excluding tert-OH is 1. The summed E-state index contributed by atoms with van der Waals surface area (Å²) in [5.74, 6) is -1.10. The predicted molar refractivity (Wildman–Crippen MR) is 111 cm³/mol. The van der Waals surface area contributed by atoms with Crippen molar-refractivity contribution in [2.45, 2.75) is 13.8 Å². The minimum Gasteiger partial charge on any atom is -0.508 e. The number of nitrogens with zero attached hydrogens (tertiary/aromatic N) is 3. The molecule has 0 atom stereocenters. The number of nitrogen functional groups attached to an aromatic ring is 1. The summed E-state index contributed by atoms with van der Waals surface area (Å²) in [6, 6.07) is 4.24. The highest BCUT2D eigenvalue weighted by Gasteiger charge is 2.19. The van der Waals surface area contributed by atoms with Crippen LogP contribution in [-0.4, -0.2) is 25.5 Å². The third-order valence-corrected chi connectivity index (χ3v) is 4.34. The number of fused-ring (bicyclic) bond motifs is 1. The van der Waals surface area contributed by atoms with E-state index in [0.717, 1.165) is 5.57 Å². The number of aliphatic hydroxyl groups is 1. The van der Waals surface area contributed by atoms with Crippen molar-refractivity contribution >= 4 is 28.7 Å². The highest BCUT2D eigenvalue weighted by atomic mass is 19.1. The molecule has 0 radical (unpaired) electrons. The van der Waals surface area contributed by atoms with Crippen LogP contribution in [0.4, 0.5) is 10.1 Å². The molecule has 0 aliphatic rings. The highest BCUT2D eigenvalue weighted by molar-refractivity contribution is 6.06. The lowest BCUT2D eigenvalue weighted by Gasteiger charge is -2.10. The molecule has 0 aliphatic heterocycles. The number of nitrogens with two attached hydrogens (primary N) is 2. The Kier molecular flexibility index (Phi) is 5.45. The molecule has 0 bridgehead atoms. The summed E-state index contributed by atoms with van der Waals surface area (Å²) in [6.45, 7) is 3.51. The van der Waals surface area contributed by atoms with Crippen molar-refractivity contribution in [2.75, 3.05) is 5.73 Å². The molecule has 3 rings (SSSR count). The van der Waals surface area contributed by atoms with Gasteiger partial charge in [-0.15, -0.1) is 0 Å². The summed E-state index contributed by atoms with van der Waals surface area (Å²) in [4.78, 5) is 20.4. The van der Waals surface area contributed by atoms with Crippen molar-refractivity contribution in [1.82, 2.24) is 14.5 Å². The van der Waals surface area contributed by atoms with Gasteiger partial charge in [0.25, 0.3) is 5.91 Å². The van der Waals surface area contributed by atoms with Crippen LogP contribution in [0.15, 0.2) is 60.3 Å². The first-order chi connectivity index (χ1) is 13.8. The molecule has 2 aromatic heterocycles. The van der Waals surface area contributed by atoms with E-state index in [-0.39, 0.29) is 22.8 Å². The molecule has 29 heavy (non-hydrogen) atoms. The van der Waals surface area contributed by atoms with Crippen LogP contribution in [0.1, 0.15) is 29.8 Å². The molecule has 0 aliphatic carbocycles. The lowest BCUT2D eigenvalue weighted by molar-refractivity contribution is 0.100. The van der Waals surface area contributed by atoms with Crippen molar-refractivity contribution < 1.29 is 14.3 Å². The van der Waals surface area contributed by atoms with Gasteiger partial charge in [0.1, 0.15) is 12.1 Å². The Bertz CT molecular complexity index is 1190. The number of hydrogen-bond acceptors (Lipinski definition) is 5. The average Bonchev–Trinajstić information content (AvgIpc) is 3.11. The number of carbonyl (C=O) groups is 1. The lowest BCUT2D eigenvalue weighted by Crippen LogP contribution is -2.15. The number of imidazole rings is 1. The fourth-order valence-corrected chi connectivity index (χ4v) is 2.85. The van der Waals surface area contributed by atoms with Crippen molar-refractivity contribution in [3.8, 4) is 5.82 Å². The molecule has 0 saturated heterocycles. The molecule has 0 unspecified atom stereocenters. The molecule has 0 saturated carbocycles. The average molecular weight is 393 g/mol. The van der Waals surface area contributed by atoms with Gasteiger partial charge in [0.15, 0.2) is 11.6 Å². The third kappa shape index (κ3) is 3.86. The Morgan fingerprint density at radius 3 is 2.72 bits per heavy atom. The summed E-state index contributed by atoms with van der Waals surface area (Å²) < 4.78 is 15.7. The van der Waals surface area contributed by atoms with Gasteiger partial charge < -0.3 is 16.6 Å². The van der Waals surface area contributed by atoms with Gasteiger partial charge in [0, 0.05) is 11.8 Å². The number of pyridine rings is 1. The molecule has 2 heterocycles. The summed E-state index contributed by atoms with van der Waals surface area (Å²) in [5, 5.41) is 9.57. The fraction of sp³-hybridized carbons (Fsp3) is 0.0952. The molecule has 3 aromatic rings. The second-order valence-electron chi connectivity index (χ2n) is 6.34. The van der Waals surface area contributed by atoms with E-state index in [2.05, 4.69) is 9.97 Å². The number of benzene rings is 1. The van der Waals surface area contributed by atoms with E-state index in [0.29, 0.717) is 16.6 Å². The van der Waals surface area contributed by atoms with E-state index < -0.39 is 11.7 Å². The first-order valence-electron chi connectivity index (χ1n) is 8.75. The SMILES string of the molecule is C/C=C(O)/C=C\C(C)=C\c1c(N)c(C(N)=O)cc2c1ncn2-c1ncccc1F. The summed E-state index contributed by atoms with van der Waals surface area (Å²) in [6.07, 6.45) is 9.35. The molecule has 8 heteroatoms. The number of amides is 1. The van der Waals surface area contributed by atoms with Crippen LogP contribution in [0.25, 0.3) is 22.9 Å². The van der Waals surface area contributed by atoms with Gasteiger partial charge in [0.2, 0.25) is 0 Å². The quantitative estimate of drug-likeness (QED) is 0.347. The molecule has 148 valence electrons. The summed E-state index contributed by atoms with van der Waals surface area (Å²) >= 11 is 0. The third-order valence-electron chi connectivity index (χ3n) is 4.34. The normalized spacial score (nSPS) is 12.8. The maximum absolute atomic E-state index is 14.3. The van der Waals surface area contributed by atoms with E-state index in [9.17, 15) is 14.3 Å².